The Morgan fingerprint density at radius 3 is 2.41 bits per heavy atom. The minimum absolute atomic E-state index is 0.191. The highest BCUT2D eigenvalue weighted by molar-refractivity contribution is 5.75. The van der Waals surface area contributed by atoms with E-state index in [-0.39, 0.29) is 5.91 Å². The summed E-state index contributed by atoms with van der Waals surface area (Å²) in [6.45, 7) is 3.28. The average Bonchev–Trinajstić information content (AvgIpc) is 2.69. The Morgan fingerprint density at radius 2 is 1.78 bits per heavy atom. The second-order valence-electron chi connectivity index (χ2n) is 7.85. The minimum Gasteiger partial charge on any atom is -0.349 e. The third-order valence-electron chi connectivity index (χ3n) is 5.49. The lowest BCUT2D eigenvalue weighted by Crippen LogP contribution is -2.34. The third kappa shape index (κ3) is 6.17. The molecule has 4 heteroatoms. The van der Waals surface area contributed by atoms with Crippen molar-refractivity contribution < 1.29 is 4.79 Å². The number of carbonyl (C=O) groups excluding carboxylic acids is 1. The molecule has 2 heterocycles. The molecule has 1 aromatic carbocycles. The molecular weight excluding hydrogens is 334 g/mol. The first-order valence-corrected chi connectivity index (χ1v) is 10.0. The number of hydrogen-bond acceptors (Lipinski definition) is 3. The Morgan fingerprint density at radius 1 is 1.07 bits per heavy atom. The molecule has 2 aromatic rings. The smallest absolute Gasteiger partial charge is 0.222 e. The van der Waals surface area contributed by atoms with Gasteiger partial charge in [0.25, 0.3) is 0 Å². The predicted molar refractivity (Wildman–Crippen MR) is 109 cm³/mol. The lowest BCUT2D eigenvalue weighted by Gasteiger charge is -2.31. The van der Waals surface area contributed by atoms with Crippen LogP contribution in [0.4, 0.5) is 0 Å². The Kier molecular flexibility index (Phi) is 6.99. The fourth-order valence-corrected chi connectivity index (χ4v) is 3.72. The quantitative estimate of drug-likeness (QED) is 0.753. The van der Waals surface area contributed by atoms with Crippen molar-refractivity contribution in [1.29, 1.82) is 0 Å². The summed E-state index contributed by atoms with van der Waals surface area (Å²) in [7, 11) is 3.63. The molecule has 3 rings (SSSR count). The van der Waals surface area contributed by atoms with E-state index in [2.05, 4.69) is 46.3 Å². The minimum atomic E-state index is 0.191. The molecule has 4 nitrogen and oxygen atoms in total. The topological polar surface area (TPSA) is 36.4 Å². The van der Waals surface area contributed by atoms with E-state index in [1.807, 2.05) is 26.4 Å². The van der Waals surface area contributed by atoms with E-state index in [0.717, 1.165) is 38.4 Å². The highest BCUT2D eigenvalue weighted by Crippen LogP contribution is 2.23. The van der Waals surface area contributed by atoms with Gasteiger partial charge in [0.1, 0.15) is 0 Å². The molecule has 0 unspecified atom stereocenters. The Balaban J connectivity index is 1.41. The van der Waals surface area contributed by atoms with E-state index >= 15 is 0 Å². The number of aromatic nitrogens is 1. The molecule has 1 aliphatic heterocycles. The molecule has 0 N–H and O–H groups in total. The van der Waals surface area contributed by atoms with Crippen LogP contribution in [0.25, 0.3) is 0 Å². The molecule has 0 atom stereocenters. The van der Waals surface area contributed by atoms with Crippen molar-refractivity contribution in [3.8, 4) is 0 Å². The van der Waals surface area contributed by atoms with Crippen LogP contribution in [0.1, 0.15) is 36.1 Å². The van der Waals surface area contributed by atoms with Crippen molar-refractivity contribution in [2.24, 2.45) is 5.92 Å². The number of pyridine rings is 1. The first-order chi connectivity index (χ1) is 13.1. The van der Waals surface area contributed by atoms with E-state index in [9.17, 15) is 4.79 Å². The molecule has 1 aromatic heterocycles. The first-order valence-electron chi connectivity index (χ1n) is 10.0. The number of likely N-dealkylation sites (tertiary alicyclic amines) is 1. The highest BCUT2D eigenvalue weighted by atomic mass is 16.2. The van der Waals surface area contributed by atoms with Gasteiger partial charge in [-0.25, -0.2) is 0 Å². The number of piperidine rings is 1. The van der Waals surface area contributed by atoms with Crippen LogP contribution < -0.4 is 0 Å². The summed E-state index contributed by atoms with van der Waals surface area (Å²) in [6, 6.07) is 15.0. The predicted octanol–water partition coefficient (Wildman–Crippen LogP) is 3.56. The number of rotatable bonds is 7. The second kappa shape index (κ2) is 9.65. The average molecular weight is 366 g/mol. The van der Waals surface area contributed by atoms with Crippen LogP contribution in [0.15, 0.2) is 48.7 Å². The van der Waals surface area contributed by atoms with Crippen molar-refractivity contribution in [2.45, 2.75) is 38.6 Å². The van der Waals surface area contributed by atoms with Gasteiger partial charge in [0.15, 0.2) is 0 Å². The van der Waals surface area contributed by atoms with Gasteiger partial charge in [0.2, 0.25) is 5.91 Å². The molecular formula is C23H31N3O. The van der Waals surface area contributed by atoms with Crippen LogP contribution in [0.3, 0.4) is 0 Å². The van der Waals surface area contributed by atoms with E-state index in [1.165, 1.54) is 29.7 Å². The van der Waals surface area contributed by atoms with Gasteiger partial charge in [-0.05, 0) is 68.0 Å². The van der Waals surface area contributed by atoms with Crippen LogP contribution >= 0.6 is 0 Å². The monoisotopic (exact) mass is 365 g/mol. The zero-order chi connectivity index (χ0) is 19.1. The fraction of sp³-hybridized carbons (Fsp3) is 0.478. The third-order valence-corrected chi connectivity index (χ3v) is 5.49. The van der Waals surface area contributed by atoms with Crippen LogP contribution in [-0.2, 0) is 24.2 Å². The van der Waals surface area contributed by atoms with Gasteiger partial charge in [-0.2, -0.15) is 0 Å². The number of hydrogen-bond donors (Lipinski definition) is 0. The maximum atomic E-state index is 11.7. The van der Waals surface area contributed by atoms with Crippen molar-refractivity contribution in [3.05, 3.63) is 65.5 Å². The van der Waals surface area contributed by atoms with Crippen LogP contribution in [0, 0.1) is 5.92 Å². The van der Waals surface area contributed by atoms with E-state index in [1.54, 1.807) is 4.90 Å². The van der Waals surface area contributed by atoms with E-state index in [0.29, 0.717) is 6.42 Å². The first kappa shape index (κ1) is 19.6. The number of nitrogens with zero attached hydrogens (tertiary/aromatic N) is 3. The molecule has 1 amide bonds. The summed E-state index contributed by atoms with van der Waals surface area (Å²) in [6.07, 6.45) is 6.96. The van der Waals surface area contributed by atoms with Crippen molar-refractivity contribution >= 4 is 5.91 Å². The van der Waals surface area contributed by atoms with Crippen molar-refractivity contribution in [2.75, 3.05) is 27.2 Å². The van der Waals surface area contributed by atoms with Gasteiger partial charge in [-0.1, -0.05) is 30.3 Å². The number of aryl methyl sites for hydroxylation is 1. The van der Waals surface area contributed by atoms with Crippen LogP contribution in [0.5, 0.6) is 0 Å². The zero-order valence-electron chi connectivity index (χ0n) is 16.6. The van der Waals surface area contributed by atoms with E-state index < -0.39 is 0 Å². The van der Waals surface area contributed by atoms with Gasteiger partial charge in [0.05, 0.1) is 5.69 Å². The molecule has 1 saturated heterocycles. The standard InChI is InChI=1S/C23H31N3O/c1-25(2)23(27)11-10-19-6-8-20(9-7-19)17-21-12-15-26(16-13-21)18-22-5-3-4-14-24-22/h3-9,14,21H,10-13,15-18H2,1-2H3. The number of amides is 1. The molecule has 27 heavy (non-hydrogen) atoms. The lowest BCUT2D eigenvalue weighted by molar-refractivity contribution is -0.128. The van der Waals surface area contributed by atoms with Crippen molar-refractivity contribution in [1.82, 2.24) is 14.8 Å². The maximum Gasteiger partial charge on any atom is 0.222 e. The summed E-state index contributed by atoms with van der Waals surface area (Å²) in [5, 5.41) is 0. The molecule has 144 valence electrons. The van der Waals surface area contributed by atoms with Gasteiger partial charge in [-0.3, -0.25) is 14.7 Å². The molecule has 0 aliphatic carbocycles. The van der Waals surface area contributed by atoms with Gasteiger partial charge >= 0.3 is 0 Å². The molecule has 0 bridgehead atoms. The van der Waals surface area contributed by atoms with Gasteiger partial charge < -0.3 is 4.90 Å². The van der Waals surface area contributed by atoms with Gasteiger partial charge in [-0.15, -0.1) is 0 Å². The Hall–Kier alpha value is -2.20. The summed E-state index contributed by atoms with van der Waals surface area (Å²) in [4.78, 5) is 20.3. The fourth-order valence-electron chi connectivity index (χ4n) is 3.72. The van der Waals surface area contributed by atoms with E-state index in [4.69, 9.17) is 0 Å². The number of benzene rings is 1. The second-order valence-corrected chi connectivity index (χ2v) is 7.85. The SMILES string of the molecule is CN(C)C(=O)CCc1ccc(CC2CCN(Cc3ccccn3)CC2)cc1. The molecule has 0 spiro atoms. The molecule has 1 fully saturated rings. The van der Waals surface area contributed by atoms with Crippen molar-refractivity contribution in [3.63, 3.8) is 0 Å². The summed E-state index contributed by atoms with van der Waals surface area (Å²) in [5.74, 6) is 0.961. The molecule has 1 aliphatic rings. The Bertz CT molecular complexity index is 704. The number of carbonyl (C=O) groups is 1. The maximum absolute atomic E-state index is 11.7. The normalized spacial score (nSPS) is 15.6. The molecule has 0 saturated carbocycles. The van der Waals surface area contributed by atoms with Crippen LogP contribution in [-0.4, -0.2) is 47.9 Å². The largest absolute Gasteiger partial charge is 0.349 e. The Labute approximate surface area is 163 Å². The molecule has 0 radical (unpaired) electrons. The van der Waals surface area contributed by atoms with Crippen LogP contribution in [0.2, 0.25) is 0 Å². The lowest BCUT2D eigenvalue weighted by atomic mass is 9.89. The summed E-state index contributed by atoms with van der Waals surface area (Å²) >= 11 is 0. The van der Waals surface area contributed by atoms with Gasteiger partial charge in [0, 0.05) is 33.3 Å². The zero-order valence-corrected chi connectivity index (χ0v) is 16.6. The summed E-state index contributed by atoms with van der Waals surface area (Å²) < 4.78 is 0. The highest BCUT2D eigenvalue weighted by Gasteiger charge is 2.19. The summed E-state index contributed by atoms with van der Waals surface area (Å²) in [5.41, 5.74) is 3.83.